The van der Waals surface area contributed by atoms with Crippen LogP contribution in [0.4, 0.5) is 0 Å². The van der Waals surface area contributed by atoms with E-state index >= 15 is 0 Å². The molecule has 0 bridgehead atoms. The van der Waals surface area contributed by atoms with E-state index in [1.54, 1.807) is 0 Å². The Morgan fingerprint density at radius 2 is 2.11 bits per heavy atom. The highest BCUT2D eigenvalue weighted by atomic mass is 79.9. The Kier molecular flexibility index (Phi) is 3.86. The quantitative estimate of drug-likeness (QED) is 0.905. The molecule has 1 aliphatic heterocycles. The first-order chi connectivity index (χ1) is 9.15. The number of hydrogen-bond acceptors (Lipinski definition) is 2. The Balaban J connectivity index is 1.55. The van der Waals surface area contributed by atoms with Gasteiger partial charge in [-0.25, -0.2) is 0 Å². The zero-order valence-electron chi connectivity index (χ0n) is 11.5. The number of fused-ring (bicyclic) bond motifs is 1. The molecule has 0 spiro atoms. The summed E-state index contributed by atoms with van der Waals surface area (Å²) < 4.78 is 7.16. The second kappa shape index (κ2) is 5.45. The Hall–Kier alpha value is -0.540. The van der Waals surface area contributed by atoms with E-state index in [-0.39, 0.29) is 0 Å². The van der Waals surface area contributed by atoms with Crippen LogP contribution in [0, 0.1) is 0 Å². The smallest absolute Gasteiger partial charge is 0.123 e. The molecule has 1 fully saturated rings. The topological polar surface area (TPSA) is 21.3 Å². The molecule has 1 heterocycles. The van der Waals surface area contributed by atoms with E-state index in [9.17, 15) is 0 Å². The summed E-state index contributed by atoms with van der Waals surface area (Å²) in [6, 6.07) is 6.30. The molecule has 3 heteroatoms. The molecular weight excluding hydrogens is 302 g/mol. The van der Waals surface area contributed by atoms with Crippen molar-refractivity contribution in [3.05, 3.63) is 28.2 Å². The van der Waals surface area contributed by atoms with E-state index in [2.05, 4.69) is 46.4 Å². The van der Waals surface area contributed by atoms with Crippen LogP contribution in [-0.4, -0.2) is 18.2 Å². The summed E-state index contributed by atoms with van der Waals surface area (Å²) in [5, 5.41) is 3.75. The molecule has 3 rings (SSSR count). The minimum absolute atomic E-state index is 0.294. The fourth-order valence-corrected chi connectivity index (χ4v) is 3.68. The van der Waals surface area contributed by atoms with E-state index in [1.165, 1.54) is 37.7 Å². The molecule has 1 aliphatic carbocycles. The zero-order valence-corrected chi connectivity index (χ0v) is 13.1. The van der Waals surface area contributed by atoms with Crippen molar-refractivity contribution in [2.45, 2.75) is 57.1 Å². The summed E-state index contributed by atoms with van der Waals surface area (Å²) in [5.74, 6) is 1.06. The van der Waals surface area contributed by atoms with Crippen molar-refractivity contribution in [3.8, 4) is 5.75 Å². The number of benzene rings is 1. The van der Waals surface area contributed by atoms with Crippen LogP contribution in [0.15, 0.2) is 22.7 Å². The second-order valence-electron chi connectivity index (χ2n) is 6.20. The first kappa shape index (κ1) is 13.4. The van der Waals surface area contributed by atoms with Crippen molar-refractivity contribution in [1.82, 2.24) is 5.32 Å². The summed E-state index contributed by atoms with van der Waals surface area (Å²) in [4.78, 5) is 0. The Bertz CT molecular complexity index is 454. The van der Waals surface area contributed by atoms with Crippen molar-refractivity contribution in [2.75, 3.05) is 6.54 Å². The molecule has 0 aromatic heterocycles. The van der Waals surface area contributed by atoms with Crippen LogP contribution in [0.5, 0.6) is 5.75 Å². The van der Waals surface area contributed by atoms with Gasteiger partial charge in [0.05, 0.1) is 0 Å². The molecule has 19 heavy (non-hydrogen) atoms. The molecular formula is C16H22BrNO. The Labute approximate surface area is 124 Å². The molecule has 1 unspecified atom stereocenters. The first-order valence-corrected chi connectivity index (χ1v) is 8.14. The highest BCUT2D eigenvalue weighted by Gasteiger charge is 2.29. The molecule has 1 saturated carbocycles. The third kappa shape index (κ3) is 3.14. The maximum absolute atomic E-state index is 6.01. The molecule has 0 saturated heterocycles. The number of nitrogens with one attached hydrogen (secondary N) is 1. The monoisotopic (exact) mass is 323 g/mol. The third-order valence-corrected chi connectivity index (χ3v) is 4.97. The Morgan fingerprint density at radius 1 is 1.32 bits per heavy atom. The summed E-state index contributed by atoms with van der Waals surface area (Å²) in [5.41, 5.74) is 1.66. The van der Waals surface area contributed by atoms with Gasteiger partial charge >= 0.3 is 0 Å². The maximum Gasteiger partial charge on any atom is 0.123 e. The van der Waals surface area contributed by atoms with Crippen LogP contribution < -0.4 is 10.1 Å². The summed E-state index contributed by atoms with van der Waals surface area (Å²) in [6.07, 6.45) is 8.05. The largest absolute Gasteiger partial charge is 0.488 e. The van der Waals surface area contributed by atoms with Gasteiger partial charge in [0.25, 0.3) is 0 Å². The van der Waals surface area contributed by atoms with Gasteiger partial charge in [0.1, 0.15) is 11.9 Å². The van der Waals surface area contributed by atoms with Crippen molar-refractivity contribution < 1.29 is 4.74 Å². The minimum Gasteiger partial charge on any atom is -0.488 e. The standard InChI is InChI=1S/C16H22BrNO/c1-16(7-3-2-4-8-16)18-11-14-10-12-9-13(17)5-6-15(12)19-14/h5-6,9,14,18H,2-4,7-8,10-11H2,1H3. The molecule has 1 atom stereocenters. The number of halogens is 1. The van der Waals surface area contributed by atoms with Gasteiger partial charge in [0.15, 0.2) is 0 Å². The van der Waals surface area contributed by atoms with Crippen LogP contribution in [0.1, 0.15) is 44.6 Å². The molecule has 1 aromatic carbocycles. The van der Waals surface area contributed by atoms with Crippen LogP contribution in [0.3, 0.4) is 0 Å². The van der Waals surface area contributed by atoms with Crippen LogP contribution in [-0.2, 0) is 6.42 Å². The minimum atomic E-state index is 0.294. The van der Waals surface area contributed by atoms with Crippen LogP contribution in [0.25, 0.3) is 0 Å². The lowest BCUT2D eigenvalue weighted by Crippen LogP contribution is -2.47. The van der Waals surface area contributed by atoms with Crippen molar-refractivity contribution >= 4 is 15.9 Å². The lowest BCUT2D eigenvalue weighted by Gasteiger charge is -2.35. The lowest BCUT2D eigenvalue weighted by atomic mass is 9.83. The van der Waals surface area contributed by atoms with Gasteiger partial charge < -0.3 is 10.1 Å². The van der Waals surface area contributed by atoms with Crippen molar-refractivity contribution in [3.63, 3.8) is 0 Å². The van der Waals surface area contributed by atoms with E-state index in [0.29, 0.717) is 11.6 Å². The summed E-state index contributed by atoms with van der Waals surface area (Å²) >= 11 is 3.52. The van der Waals surface area contributed by atoms with E-state index in [1.807, 2.05) is 0 Å². The lowest BCUT2D eigenvalue weighted by molar-refractivity contribution is 0.183. The fraction of sp³-hybridized carbons (Fsp3) is 0.625. The van der Waals surface area contributed by atoms with Crippen molar-refractivity contribution in [2.24, 2.45) is 0 Å². The number of hydrogen-bond donors (Lipinski definition) is 1. The van der Waals surface area contributed by atoms with E-state index in [0.717, 1.165) is 23.2 Å². The van der Waals surface area contributed by atoms with Gasteiger partial charge in [0.2, 0.25) is 0 Å². The van der Waals surface area contributed by atoms with E-state index in [4.69, 9.17) is 4.74 Å². The zero-order chi connectivity index (χ0) is 13.3. The van der Waals surface area contributed by atoms with Crippen molar-refractivity contribution in [1.29, 1.82) is 0 Å². The first-order valence-electron chi connectivity index (χ1n) is 7.35. The normalized spacial score (nSPS) is 24.8. The number of rotatable bonds is 3. The average Bonchev–Trinajstić information content (AvgIpc) is 2.79. The molecule has 1 N–H and O–H groups in total. The number of ether oxygens (including phenoxy) is 1. The van der Waals surface area contributed by atoms with Gasteiger partial charge in [-0.05, 0) is 43.5 Å². The maximum atomic E-state index is 6.01. The average molecular weight is 324 g/mol. The second-order valence-corrected chi connectivity index (χ2v) is 7.11. The third-order valence-electron chi connectivity index (χ3n) is 4.48. The van der Waals surface area contributed by atoms with Crippen LogP contribution >= 0.6 is 15.9 Å². The highest BCUT2D eigenvalue weighted by Crippen LogP contribution is 2.32. The van der Waals surface area contributed by atoms with Gasteiger partial charge in [-0.2, -0.15) is 0 Å². The van der Waals surface area contributed by atoms with Gasteiger partial charge in [-0.15, -0.1) is 0 Å². The molecule has 2 nitrogen and oxygen atoms in total. The molecule has 0 amide bonds. The summed E-state index contributed by atoms with van der Waals surface area (Å²) in [7, 11) is 0. The molecule has 0 radical (unpaired) electrons. The predicted molar refractivity (Wildman–Crippen MR) is 81.8 cm³/mol. The Morgan fingerprint density at radius 3 is 2.89 bits per heavy atom. The molecule has 2 aliphatic rings. The fourth-order valence-electron chi connectivity index (χ4n) is 3.27. The molecule has 104 valence electrons. The van der Waals surface area contributed by atoms with Crippen LogP contribution in [0.2, 0.25) is 0 Å². The SMILES string of the molecule is CC1(NCC2Cc3cc(Br)ccc3O2)CCCCC1. The molecule has 1 aromatic rings. The van der Waals surface area contributed by atoms with E-state index < -0.39 is 0 Å². The van der Waals surface area contributed by atoms with Gasteiger partial charge in [0, 0.05) is 23.0 Å². The highest BCUT2D eigenvalue weighted by molar-refractivity contribution is 9.10. The predicted octanol–water partition coefficient (Wildman–Crippen LogP) is 4.07. The summed E-state index contributed by atoms with van der Waals surface area (Å²) in [6.45, 7) is 3.33. The van der Waals surface area contributed by atoms with Gasteiger partial charge in [-0.1, -0.05) is 35.2 Å². The van der Waals surface area contributed by atoms with Gasteiger partial charge in [-0.3, -0.25) is 0 Å².